The van der Waals surface area contributed by atoms with Crippen LogP contribution in [0.2, 0.25) is 0 Å². The van der Waals surface area contributed by atoms with E-state index in [-0.39, 0.29) is 52.3 Å². The molecule has 0 radical (unpaired) electrons. The Balaban J connectivity index is 1.29. The van der Waals surface area contributed by atoms with Gasteiger partial charge in [-0.2, -0.15) is 0 Å². The van der Waals surface area contributed by atoms with Crippen LogP contribution in [0.15, 0.2) is 48.5 Å². The molecular weight excluding hydrogens is 428 g/mol. The van der Waals surface area contributed by atoms with Crippen molar-refractivity contribution in [2.45, 2.75) is 19.3 Å². The van der Waals surface area contributed by atoms with E-state index in [9.17, 15) is 29.3 Å². The summed E-state index contributed by atoms with van der Waals surface area (Å²) in [7, 11) is 0. The standard InChI is InChI=1S/C24H20N2O7/c27-19(13-3-1-6-18(10-13)26(31)32)12-33-24(30)16-4-2-5-17(11-16)25-22(28)20-14-7-8-15(9-14)21(20)23(25)29/h1-6,10-11,14-15,20-21H,7-9,12H2/t14-,15+,20-,21+. The number of non-ortho nitro benzene ring substituents is 1. The van der Waals surface area contributed by atoms with E-state index in [0.29, 0.717) is 5.69 Å². The van der Waals surface area contributed by atoms with Crippen LogP contribution in [0.5, 0.6) is 0 Å². The van der Waals surface area contributed by atoms with Gasteiger partial charge < -0.3 is 4.74 Å². The van der Waals surface area contributed by atoms with Crippen molar-refractivity contribution >= 4 is 34.9 Å². The summed E-state index contributed by atoms with van der Waals surface area (Å²) < 4.78 is 5.09. The molecule has 2 aromatic rings. The second-order valence-corrected chi connectivity index (χ2v) is 8.75. The number of carbonyl (C=O) groups is 4. The van der Waals surface area contributed by atoms with Gasteiger partial charge in [-0.3, -0.25) is 29.4 Å². The van der Waals surface area contributed by atoms with E-state index in [2.05, 4.69) is 0 Å². The van der Waals surface area contributed by atoms with Crippen molar-refractivity contribution in [3.05, 3.63) is 69.8 Å². The Kier molecular flexibility index (Phi) is 5.03. The molecule has 1 saturated heterocycles. The van der Waals surface area contributed by atoms with Crippen molar-refractivity contribution in [3.8, 4) is 0 Å². The highest BCUT2D eigenvalue weighted by Crippen LogP contribution is 2.56. The molecular formula is C24H20N2O7. The highest BCUT2D eigenvalue weighted by atomic mass is 16.6. The highest BCUT2D eigenvalue weighted by Gasteiger charge is 2.61. The van der Waals surface area contributed by atoms with Gasteiger partial charge in [-0.25, -0.2) is 4.79 Å². The number of nitro groups is 1. The molecule has 5 rings (SSSR count). The molecule has 168 valence electrons. The molecule has 1 heterocycles. The summed E-state index contributed by atoms with van der Waals surface area (Å²) in [4.78, 5) is 62.3. The van der Waals surface area contributed by atoms with Crippen LogP contribution < -0.4 is 4.90 Å². The average molecular weight is 448 g/mol. The number of amides is 2. The van der Waals surface area contributed by atoms with Gasteiger partial charge in [0.15, 0.2) is 6.61 Å². The number of nitrogens with zero attached hydrogens (tertiary/aromatic N) is 2. The van der Waals surface area contributed by atoms with Crippen molar-refractivity contribution in [1.29, 1.82) is 0 Å². The number of esters is 1. The minimum Gasteiger partial charge on any atom is -0.454 e. The predicted molar refractivity (Wildman–Crippen MR) is 114 cm³/mol. The average Bonchev–Trinajstić information content (AvgIpc) is 3.51. The molecule has 4 atom stereocenters. The minimum atomic E-state index is -0.796. The fourth-order valence-electron chi connectivity index (χ4n) is 5.53. The first-order valence-corrected chi connectivity index (χ1v) is 10.8. The number of ketones is 1. The first-order chi connectivity index (χ1) is 15.8. The van der Waals surface area contributed by atoms with E-state index in [1.54, 1.807) is 12.1 Å². The highest BCUT2D eigenvalue weighted by molar-refractivity contribution is 6.22. The fourth-order valence-corrected chi connectivity index (χ4v) is 5.53. The van der Waals surface area contributed by atoms with Gasteiger partial charge in [0.2, 0.25) is 17.6 Å². The Bertz CT molecular complexity index is 1180. The van der Waals surface area contributed by atoms with E-state index < -0.39 is 23.3 Å². The monoisotopic (exact) mass is 448 g/mol. The zero-order valence-corrected chi connectivity index (χ0v) is 17.5. The molecule has 9 heteroatoms. The van der Waals surface area contributed by atoms with E-state index >= 15 is 0 Å². The third kappa shape index (κ3) is 3.49. The van der Waals surface area contributed by atoms with Crippen LogP contribution in [0.1, 0.15) is 40.0 Å². The lowest BCUT2D eigenvalue weighted by molar-refractivity contribution is -0.384. The number of hydrogen-bond donors (Lipinski definition) is 0. The Morgan fingerprint density at radius 1 is 0.970 bits per heavy atom. The summed E-state index contributed by atoms with van der Waals surface area (Å²) in [6.45, 7) is -0.598. The Morgan fingerprint density at radius 2 is 1.61 bits per heavy atom. The maximum atomic E-state index is 13.0. The Labute approximate surface area is 188 Å². The van der Waals surface area contributed by atoms with Crippen LogP contribution in [0.3, 0.4) is 0 Å². The Morgan fingerprint density at radius 3 is 2.27 bits per heavy atom. The summed E-state index contributed by atoms with van der Waals surface area (Å²) >= 11 is 0. The van der Waals surface area contributed by atoms with Crippen molar-refractivity contribution < 1.29 is 28.8 Å². The maximum absolute atomic E-state index is 13.0. The molecule has 2 saturated carbocycles. The molecule has 1 aliphatic heterocycles. The molecule has 9 nitrogen and oxygen atoms in total. The zero-order chi connectivity index (χ0) is 23.3. The second kappa shape index (κ2) is 7.91. The lowest BCUT2D eigenvalue weighted by Gasteiger charge is -2.19. The molecule has 0 unspecified atom stereocenters. The molecule has 0 N–H and O–H groups in total. The zero-order valence-electron chi connectivity index (χ0n) is 17.5. The number of ether oxygens (including phenoxy) is 1. The Hall–Kier alpha value is -3.88. The normalized spacial score (nSPS) is 25.3. The topological polar surface area (TPSA) is 124 Å². The van der Waals surface area contributed by atoms with E-state index in [0.717, 1.165) is 25.3 Å². The summed E-state index contributed by atoms with van der Waals surface area (Å²) in [6, 6.07) is 11.2. The molecule has 3 fully saturated rings. The smallest absolute Gasteiger partial charge is 0.338 e. The number of benzene rings is 2. The van der Waals surface area contributed by atoms with Crippen molar-refractivity contribution in [2.75, 3.05) is 11.5 Å². The predicted octanol–water partition coefficient (Wildman–Crippen LogP) is 3.17. The van der Waals surface area contributed by atoms with Crippen molar-refractivity contribution in [2.24, 2.45) is 23.7 Å². The van der Waals surface area contributed by atoms with E-state index in [1.165, 1.54) is 35.2 Å². The summed E-state index contributed by atoms with van der Waals surface area (Å²) in [5, 5.41) is 10.9. The van der Waals surface area contributed by atoms with Gasteiger partial charge in [0.05, 0.1) is 28.0 Å². The number of hydrogen-bond acceptors (Lipinski definition) is 7. The first-order valence-electron chi connectivity index (χ1n) is 10.8. The van der Waals surface area contributed by atoms with Gasteiger partial charge in [-0.15, -0.1) is 0 Å². The van der Waals surface area contributed by atoms with Crippen LogP contribution in [-0.2, 0) is 14.3 Å². The van der Waals surface area contributed by atoms with Crippen LogP contribution in [0.4, 0.5) is 11.4 Å². The van der Waals surface area contributed by atoms with Gasteiger partial charge in [-0.1, -0.05) is 18.2 Å². The molecule has 2 aliphatic carbocycles. The quantitative estimate of drug-likeness (QED) is 0.219. The van der Waals surface area contributed by atoms with Crippen LogP contribution in [0, 0.1) is 33.8 Å². The third-order valence-electron chi connectivity index (χ3n) is 6.98. The molecule has 2 aromatic carbocycles. The number of carbonyl (C=O) groups excluding carboxylic acids is 4. The van der Waals surface area contributed by atoms with Crippen LogP contribution in [0.25, 0.3) is 0 Å². The lowest BCUT2D eigenvalue weighted by atomic mass is 9.81. The first kappa shape index (κ1) is 21.0. The number of imide groups is 1. The molecule has 0 spiro atoms. The van der Waals surface area contributed by atoms with Gasteiger partial charge in [0.1, 0.15) is 0 Å². The lowest BCUT2D eigenvalue weighted by Crippen LogP contribution is -2.32. The SMILES string of the molecule is O=C(COC(=O)c1cccc(N2C(=O)[C@@H]3[C@@H]4CC[C@@H](C4)[C@@H]3C2=O)c1)c1cccc([N+](=O)[O-])c1. The molecule has 2 amide bonds. The number of nitro benzene ring substituents is 1. The van der Waals surface area contributed by atoms with Crippen molar-refractivity contribution in [1.82, 2.24) is 0 Å². The summed E-state index contributed by atoms with van der Waals surface area (Å²) in [5.41, 5.74) is 0.233. The largest absolute Gasteiger partial charge is 0.454 e. The van der Waals surface area contributed by atoms with Gasteiger partial charge in [-0.05, 0) is 49.3 Å². The molecule has 0 aromatic heterocycles. The van der Waals surface area contributed by atoms with Crippen molar-refractivity contribution in [3.63, 3.8) is 0 Å². The molecule has 33 heavy (non-hydrogen) atoms. The summed E-state index contributed by atoms with van der Waals surface area (Å²) in [6.07, 6.45) is 2.89. The number of Topliss-reactive ketones (excluding diaryl/α,β-unsaturated/α-hetero) is 1. The maximum Gasteiger partial charge on any atom is 0.338 e. The molecule has 3 aliphatic rings. The van der Waals surface area contributed by atoms with Crippen LogP contribution in [-0.4, -0.2) is 35.1 Å². The van der Waals surface area contributed by atoms with Gasteiger partial charge in [0, 0.05) is 17.7 Å². The second-order valence-electron chi connectivity index (χ2n) is 8.75. The van der Waals surface area contributed by atoms with E-state index in [4.69, 9.17) is 4.74 Å². The number of fused-ring (bicyclic) bond motifs is 5. The number of rotatable bonds is 6. The number of anilines is 1. The van der Waals surface area contributed by atoms with Gasteiger partial charge >= 0.3 is 5.97 Å². The van der Waals surface area contributed by atoms with E-state index in [1.807, 2.05) is 0 Å². The van der Waals surface area contributed by atoms with Crippen LogP contribution >= 0.6 is 0 Å². The fraction of sp³-hybridized carbons (Fsp3) is 0.333. The molecule has 2 bridgehead atoms. The summed E-state index contributed by atoms with van der Waals surface area (Å²) in [5.74, 6) is -1.80. The van der Waals surface area contributed by atoms with Gasteiger partial charge in [0.25, 0.3) is 5.69 Å². The third-order valence-corrected chi connectivity index (χ3v) is 6.98. The minimum absolute atomic E-state index is 0.0557.